The van der Waals surface area contributed by atoms with Crippen LogP contribution in [0.3, 0.4) is 0 Å². The fraction of sp³-hybridized carbons (Fsp3) is 0.636. The maximum atomic E-state index is 5.64. The average molecular weight is 205 g/mol. The van der Waals surface area contributed by atoms with E-state index in [0.29, 0.717) is 12.1 Å². The van der Waals surface area contributed by atoms with Crippen LogP contribution in [0.4, 0.5) is 5.95 Å². The molecule has 0 radical (unpaired) electrons. The molecule has 2 saturated heterocycles. The van der Waals surface area contributed by atoms with Crippen molar-refractivity contribution in [2.24, 2.45) is 0 Å². The van der Waals surface area contributed by atoms with Crippen molar-refractivity contribution >= 4 is 5.95 Å². The second kappa shape index (κ2) is 3.45. The Morgan fingerprint density at radius 3 is 2.93 bits per heavy atom. The van der Waals surface area contributed by atoms with Crippen LogP contribution in [0.2, 0.25) is 0 Å². The Morgan fingerprint density at radius 1 is 1.33 bits per heavy atom. The lowest BCUT2D eigenvalue weighted by Gasteiger charge is -2.26. The van der Waals surface area contributed by atoms with Crippen LogP contribution in [0.15, 0.2) is 18.5 Å². The third-order valence-electron chi connectivity index (χ3n) is 3.20. The van der Waals surface area contributed by atoms with Gasteiger partial charge in [0.2, 0.25) is 5.95 Å². The van der Waals surface area contributed by atoms with Gasteiger partial charge in [-0.25, -0.2) is 9.97 Å². The van der Waals surface area contributed by atoms with Crippen molar-refractivity contribution in [1.29, 1.82) is 0 Å². The predicted molar refractivity (Wildman–Crippen MR) is 56.5 cm³/mol. The summed E-state index contributed by atoms with van der Waals surface area (Å²) in [5, 5.41) is 0. The van der Waals surface area contributed by atoms with Gasteiger partial charge in [-0.15, -0.1) is 0 Å². The van der Waals surface area contributed by atoms with Crippen LogP contribution in [0, 0.1) is 0 Å². The molecule has 3 rings (SSSR count). The topological polar surface area (TPSA) is 41.5 Å². The summed E-state index contributed by atoms with van der Waals surface area (Å²) in [5.41, 5.74) is 0. The van der Waals surface area contributed by atoms with Gasteiger partial charge in [0.25, 0.3) is 0 Å². The van der Waals surface area contributed by atoms with E-state index in [1.54, 1.807) is 12.4 Å². The lowest BCUT2D eigenvalue weighted by Crippen LogP contribution is -2.36. The lowest BCUT2D eigenvalue weighted by atomic mass is 10.1. The Hall–Kier alpha value is -1.16. The highest BCUT2D eigenvalue weighted by molar-refractivity contribution is 5.34. The molecule has 0 amide bonds. The van der Waals surface area contributed by atoms with Crippen molar-refractivity contribution in [3.63, 3.8) is 0 Å². The summed E-state index contributed by atoms with van der Waals surface area (Å²) in [6, 6.07) is 2.32. The molecule has 15 heavy (non-hydrogen) atoms. The highest BCUT2D eigenvalue weighted by Gasteiger charge is 2.47. The fourth-order valence-corrected chi connectivity index (χ4v) is 2.33. The van der Waals surface area contributed by atoms with Gasteiger partial charge in [-0.05, 0) is 32.3 Å². The number of hydrogen-bond acceptors (Lipinski definition) is 4. The van der Waals surface area contributed by atoms with E-state index in [2.05, 4.69) is 21.8 Å². The Labute approximate surface area is 89.3 Å². The number of hydrogen-bond donors (Lipinski definition) is 0. The molecule has 1 aromatic heterocycles. The number of aromatic nitrogens is 2. The number of ether oxygens (including phenoxy) is 1. The molecule has 3 atom stereocenters. The minimum Gasteiger partial charge on any atom is -0.348 e. The predicted octanol–water partition coefficient (Wildman–Crippen LogP) is 1.58. The van der Waals surface area contributed by atoms with E-state index < -0.39 is 0 Å². The van der Waals surface area contributed by atoms with E-state index >= 15 is 0 Å². The molecular formula is C11H15N3O. The molecule has 4 nitrogen and oxygen atoms in total. The van der Waals surface area contributed by atoms with Gasteiger partial charge in [0.15, 0.2) is 6.23 Å². The second-order valence-electron chi connectivity index (χ2n) is 4.30. The van der Waals surface area contributed by atoms with Crippen molar-refractivity contribution in [1.82, 2.24) is 9.97 Å². The summed E-state index contributed by atoms with van der Waals surface area (Å²) in [4.78, 5) is 10.8. The van der Waals surface area contributed by atoms with Crippen molar-refractivity contribution in [3.05, 3.63) is 18.5 Å². The van der Waals surface area contributed by atoms with Crippen LogP contribution in [-0.4, -0.2) is 28.3 Å². The first-order chi connectivity index (χ1) is 7.36. The molecule has 1 aromatic rings. The Balaban J connectivity index is 1.89. The molecule has 0 N–H and O–H groups in total. The van der Waals surface area contributed by atoms with Gasteiger partial charge in [-0.3, -0.25) is 0 Å². The zero-order valence-corrected chi connectivity index (χ0v) is 8.84. The van der Waals surface area contributed by atoms with Gasteiger partial charge in [-0.1, -0.05) is 0 Å². The smallest absolute Gasteiger partial charge is 0.227 e. The van der Waals surface area contributed by atoms with Gasteiger partial charge in [0, 0.05) is 18.4 Å². The molecule has 0 aliphatic carbocycles. The molecular weight excluding hydrogens is 190 g/mol. The van der Waals surface area contributed by atoms with Crippen LogP contribution in [0.5, 0.6) is 0 Å². The lowest BCUT2D eigenvalue weighted by molar-refractivity contribution is 0.325. The van der Waals surface area contributed by atoms with Crippen molar-refractivity contribution in [2.45, 2.75) is 44.6 Å². The van der Waals surface area contributed by atoms with Crippen LogP contribution in [0.25, 0.3) is 0 Å². The molecule has 2 aliphatic rings. The number of rotatable bonds is 1. The Kier molecular flexibility index (Phi) is 2.09. The van der Waals surface area contributed by atoms with Crippen molar-refractivity contribution in [2.75, 3.05) is 4.90 Å². The summed E-state index contributed by atoms with van der Waals surface area (Å²) < 4.78 is 5.64. The van der Waals surface area contributed by atoms with E-state index in [1.165, 1.54) is 19.3 Å². The molecule has 2 fully saturated rings. The minimum absolute atomic E-state index is 0.227. The van der Waals surface area contributed by atoms with Crippen molar-refractivity contribution < 1.29 is 4.74 Å². The van der Waals surface area contributed by atoms with Gasteiger partial charge < -0.3 is 9.64 Å². The first-order valence-corrected chi connectivity index (χ1v) is 5.57. The molecule has 0 saturated carbocycles. The Morgan fingerprint density at radius 2 is 2.13 bits per heavy atom. The van der Waals surface area contributed by atoms with E-state index in [0.717, 1.165) is 5.95 Å². The highest BCUT2D eigenvalue weighted by Crippen LogP contribution is 2.37. The largest absolute Gasteiger partial charge is 0.348 e. The first-order valence-electron chi connectivity index (χ1n) is 5.57. The minimum atomic E-state index is 0.227. The maximum Gasteiger partial charge on any atom is 0.227 e. The van der Waals surface area contributed by atoms with Gasteiger partial charge in [-0.2, -0.15) is 0 Å². The zero-order chi connectivity index (χ0) is 10.3. The normalized spacial score (nSPS) is 34.5. The monoisotopic (exact) mass is 205 g/mol. The molecule has 2 unspecified atom stereocenters. The highest BCUT2D eigenvalue weighted by atomic mass is 16.6. The van der Waals surface area contributed by atoms with Crippen LogP contribution in [-0.2, 0) is 4.74 Å². The summed E-state index contributed by atoms with van der Waals surface area (Å²) in [5.74, 6) is 0.805. The molecule has 2 aliphatic heterocycles. The number of anilines is 1. The number of nitrogens with zero attached hydrogens (tertiary/aromatic N) is 3. The Bertz CT molecular complexity index is 341. The number of fused-ring (bicyclic) bond motifs is 1. The quantitative estimate of drug-likeness (QED) is 0.653. The number of epoxide rings is 1. The standard InChI is InChI=1S/C11H15N3O/c1-8-4-2-5-9-10(15-9)14(8)11-12-6-3-7-13-11/h3,6-10H,2,4-5H2,1H3/t8-,9?,10?/m1/s1. The molecule has 0 aromatic carbocycles. The van der Waals surface area contributed by atoms with Gasteiger partial charge >= 0.3 is 0 Å². The molecule has 3 heterocycles. The average Bonchev–Trinajstić information content (AvgIpc) is 2.99. The molecule has 4 heteroatoms. The van der Waals surface area contributed by atoms with Crippen LogP contribution < -0.4 is 4.90 Å². The van der Waals surface area contributed by atoms with E-state index in [1.807, 2.05) is 6.07 Å². The SMILES string of the molecule is C[C@@H]1CCCC2OC2N1c1ncccn1. The third kappa shape index (κ3) is 1.59. The van der Waals surface area contributed by atoms with Gasteiger partial charge in [0.05, 0.1) is 0 Å². The first kappa shape index (κ1) is 9.09. The fourth-order valence-electron chi connectivity index (χ4n) is 2.33. The van der Waals surface area contributed by atoms with Crippen LogP contribution >= 0.6 is 0 Å². The van der Waals surface area contributed by atoms with E-state index in [4.69, 9.17) is 4.74 Å². The molecule has 0 spiro atoms. The molecule has 0 bridgehead atoms. The molecule has 80 valence electrons. The van der Waals surface area contributed by atoms with Crippen LogP contribution in [0.1, 0.15) is 26.2 Å². The van der Waals surface area contributed by atoms with Gasteiger partial charge in [0.1, 0.15) is 6.10 Å². The summed E-state index contributed by atoms with van der Waals surface area (Å²) in [6.07, 6.45) is 7.84. The third-order valence-corrected chi connectivity index (χ3v) is 3.20. The van der Waals surface area contributed by atoms with E-state index in [-0.39, 0.29) is 6.23 Å². The second-order valence-corrected chi connectivity index (χ2v) is 4.30. The summed E-state index contributed by atoms with van der Waals surface area (Å²) in [7, 11) is 0. The summed E-state index contributed by atoms with van der Waals surface area (Å²) in [6.45, 7) is 2.22. The zero-order valence-electron chi connectivity index (χ0n) is 8.84. The summed E-state index contributed by atoms with van der Waals surface area (Å²) >= 11 is 0. The maximum absolute atomic E-state index is 5.64. The van der Waals surface area contributed by atoms with E-state index in [9.17, 15) is 0 Å². The van der Waals surface area contributed by atoms with Crippen molar-refractivity contribution in [3.8, 4) is 0 Å².